The van der Waals surface area contributed by atoms with Crippen molar-refractivity contribution in [1.29, 1.82) is 0 Å². The Kier molecular flexibility index (Phi) is 47.2. The fraction of sp³-hybridized carbons (Fsp3) is 0.974. The summed E-state index contributed by atoms with van der Waals surface area (Å²) in [6, 6.07) is 0. The molecule has 0 aromatic heterocycles. The maximum absolute atomic E-state index is 10.6. The number of carbonyl (C=O) groups is 1. The average Bonchev–Trinajstić information content (AvgIpc) is 3.14. The highest BCUT2D eigenvalue weighted by Gasteiger charge is 1.98. The molecule has 0 aliphatic heterocycles. The summed E-state index contributed by atoms with van der Waals surface area (Å²) in [5.74, 6) is -0.309. The third kappa shape index (κ3) is 49.0. The van der Waals surface area contributed by atoms with Crippen LogP contribution in [0, 0.1) is 0 Å². The van der Waals surface area contributed by atoms with Gasteiger partial charge in [-0.05, 0) is 6.42 Å². The van der Waals surface area contributed by atoms with Crippen LogP contribution in [0.3, 0.4) is 0 Å². The molecule has 0 N–H and O–H groups in total. The average molecular weight is 755 g/mol. The number of rotatable bonds is 47. The normalized spacial score (nSPS) is 11.5. The number of unbranched alkanes of at least 4 members (excludes halogenated alkanes) is 12. The van der Waals surface area contributed by atoms with Gasteiger partial charge in [0, 0.05) is 13.5 Å². The smallest absolute Gasteiger partial charge is 0.302 e. The molecule has 13 nitrogen and oxygen atoms in total. The lowest BCUT2D eigenvalue weighted by Crippen LogP contribution is -2.15. The molecule has 0 fully saturated rings. The van der Waals surface area contributed by atoms with Crippen molar-refractivity contribution >= 4 is 5.97 Å². The largest absolute Gasteiger partial charge is 0.463 e. The lowest BCUT2D eigenvalue weighted by molar-refractivity contribution is -0.142. The van der Waals surface area contributed by atoms with Crippen molar-refractivity contribution < 1.29 is 61.6 Å². The minimum absolute atomic E-state index is 0.260. The van der Waals surface area contributed by atoms with E-state index in [2.05, 4.69) is 6.92 Å². The monoisotopic (exact) mass is 755 g/mol. The minimum atomic E-state index is -0.309. The molecule has 0 saturated carbocycles. The fourth-order valence-electron chi connectivity index (χ4n) is 4.77. The molecule has 52 heavy (non-hydrogen) atoms. The fourth-order valence-corrected chi connectivity index (χ4v) is 4.77. The van der Waals surface area contributed by atoms with E-state index in [0.29, 0.717) is 139 Å². The maximum atomic E-state index is 10.6. The summed E-state index contributed by atoms with van der Waals surface area (Å²) in [6.07, 6.45) is 17.8. The highest BCUT2D eigenvalue weighted by molar-refractivity contribution is 5.65. The predicted octanol–water partition coefficient (Wildman–Crippen LogP) is 5.82. The zero-order valence-electron chi connectivity index (χ0n) is 33.3. The van der Waals surface area contributed by atoms with Gasteiger partial charge in [0.05, 0.1) is 139 Å². The van der Waals surface area contributed by atoms with Gasteiger partial charge in [-0.3, -0.25) is 4.79 Å². The maximum Gasteiger partial charge on any atom is 0.302 e. The van der Waals surface area contributed by atoms with E-state index in [0.717, 1.165) is 13.0 Å². The Morgan fingerprint density at radius 2 is 0.462 bits per heavy atom. The van der Waals surface area contributed by atoms with Crippen LogP contribution in [0.5, 0.6) is 0 Å². The van der Waals surface area contributed by atoms with Crippen molar-refractivity contribution in [2.24, 2.45) is 0 Å². The second kappa shape index (κ2) is 48.0. The second-order valence-corrected chi connectivity index (χ2v) is 12.3. The molecule has 0 aromatic rings. The molecule has 0 radical (unpaired) electrons. The van der Waals surface area contributed by atoms with Gasteiger partial charge >= 0.3 is 5.97 Å². The van der Waals surface area contributed by atoms with E-state index < -0.39 is 0 Å². The number of carbonyl (C=O) groups excluding carboxylic acids is 1. The molecular formula is C39H78O13. The van der Waals surface area contributed by atoms with Gasteiger partial charge in [0.15, 0.2) is 0 Å². The summed E-state index contributed by atoms with van der Waals surface area (Å²) in [7, 11) is 0. The molecule has 0 rings (SSSR count). The van der Waals surface area contributed by atoms with Gasteiger partial charge in [-0.15, -0.1) is 0 Å². The Labute approximate surface area is 316 Å². The standard InChI is InChI=1S/C39H78O13/c1-3-4-5-6-7-8-9-10-11-12-13-14-15-16-41-17-18-42-19-20-43-21-22-44-23-24-45-25-26-46-27-28-47-29-30-48-31-32-49-33-34-50-35-36-51-37-38-52-39(2)40/h3-38H2,1-2H3. The lowest BCUT2D eigenvalue weighted by Gasteiger charge is -2.09. The van der Waals surface area contributed by atoms with E-state index in [4.69, 9.17) is 56.8 Å². The van der Waals surface area contributed by atoms with Gasteiger partial charge in [-0.2, -0.15) is 0 Å². The van der Waals surface area contributed by atoms with E-state index in [1.807, 2.05) is 0 Å². The molecule has 0 bridgehead atoms. The van der Waals surface area contributed by atoms with E-state index in [-0.39, 0.29) is 12.6 Å². The molecule has 0 aliphatic carbocycles. The first-order chi connectivity index (χ1) is 25.8. The van der Waals surface area contributed by atoms with Crippen LogP contribution in [0.15, 0.2) is 0 Å². The van der Waals surface area contributed by atoms with Crippen molar-refractivity contribution in [1.82, 2.24) is 0 Å². The SMILES string of the molecule is CCCCCCCCCCCCCCCOCCOCCOCCOCCOCCOCCOCCOCCOCCOCCOCCOC(C)=O. The second-order valence-electron chi connectivity index (χ2n) is 12.3. The van der Waals surface area contributed by atoms with Gasteiger partial charge in [0.1, 0.15) is 6.61 Å². The van der Waals surface area contributed by atoms with Crippen LogP contribution in [0.2, 0.25) is 0 Å². The van der Waals surface area contributed by atoms with E-state index in [9.17, 15) is 4.79 Å². The molecule has 0 saturated heterocycles. The first-order valence-corrected chi connectivity index (χ1v) is 20.3. The van der Waals surface area contributed by atoms with Gasteiger partial charge in [0.25, 0.3) is 0 Å². The molecule has 0 unspecified atom stereocenters. The van der Waals surface area contributed by atoms with Crippen LogP contribution >= 0.6 is 0 Å². The zero-order valence-corrected chi connectivity index (χ0v) is 33.3. The molecular weight excluding hydrogens is 676 g/mol. The zero-order chi connectivity index (χ0) is 37.5. The van der Waals surface area contributed by atoms with Gasteiger partial charge in [-0.1, -0.05) is 84.0 Å². The van der Waals surface area contributed by atoms with Gasteiger partial charge in [0.2, 0.25) is 0 Å². The third-order valence-electron chi connectivity index (χ3n) is 7.65. The van der Waals surface area contributed by atoms with Crippen LogP contribution in [-0.2, 0) is 61.6 Å². The van der Waals surface area contributed by atoms with Crippen molar-refractivity contribution in [3.63, 3.8) is 0 Å². The molecule has 312 valence electrons. The molecule has 0 spiro atoms. The Morgan fingerprint density at radius 1 is 0.269 bits per heavy atom. The number of esters is 1. The third-order valence-corrected chi connectivity index (χ3v) is 7.65. The van der Waals surface area contributed by atoms with Crippen LogP contribution in [0.1, 0.15) is 97.3 Å². The summed E-state index contributed by atoms with van der Waals surface area (Å²) < 4.78 is 65.1. The van der Waals surface area contributed by atoms with Crippen LogP contribution in [0.4, 0.5) is 0 Å². The van der Waals surface area contributed by atoms with Gasteiger partial charge < -0.3 is 56.8 Å². The Bertz CT molecular complexity index is 660. The number of hydrogen-bond acceptors (Lipinski definition) is 13. The van der Waals surface area contributed by atoms with Crippen molar-refractivity contribution in [3.8, 4) is 0 Å². The quantitative estimate of drug-likeness (QED) is 0.0547. The summed E-state index contributed by atoms with van der Waals surface area (Å²) in [4.78, 5) is 10.6. The van der Waals surface area contributed by atoms with Crippen molar-refractivity contribution in [2.45, 2.75) is 97.3 Å². The first-order valence-electron chi connectivity index (χ1n) is 20.3. The highest BCUT2D eigenvalue weighted by Crippen LogP contribution is 2.12. The highest BCUT2D eigenvalue weighted by atomic mass is 16.6. The summed E-state index contributed by atoms with van der Waals surface area (Å²) >= 11 is 0. The number of ether oxygens (including phenoxy) is 12. The molecule has 13 heteroatoms. The van der Waals surface area contributed by atoms with E-state index in [1.165, 1.54) is 84.0 Å². The summed E-state index contributed by atoms with van der Waals surface area (Å²) in [5.41, 5.74) is 0. The van der Waals surface area contributed by atoms with Crippen LogP contribution in [0.25, 0.3) is 0 Å². The summed E-state index contributed by atoms with van der Waals surface area (Å²) in [6.45, 7) is 15.5. The van der Waals surface area contributed by atoms with Crippen molar-refractivity contribution in [2.75, 3.05) is 152 Å². The Morgan fingerprint density at radius 3 is 0.692 bits per heavy atom. The van der Waals surface area contributed by atoms with Crippen LogP contribution < -0.4 is 0 Å². The van der Waals surface area contributed by atoms with Gasteiger partial charge in [-0.25, -0.2) is 0 Å². The minimum Gasteiger partial charge on any atom is -0.463 e. The van der Waals surface area contributed by atoms with Crippen molar-refractivity contribution in [3.05, 3.63) is 0 Å². The van der Waals surface area contributed by atoms with E-state index in [1.54, 1.807) is 0 Å². The topological polar surface area (TPSA) is 128 Å². The molecule has 0 aliphatic rings. The number of hydrogen-bond donors (Lipinski definition) is 0. The Hall–Kier alpha value is -0.970. The first kappa shape index (κ1) is 51.0. The van der Waals surface area contributed by atoms with Crippen LogP contribution in [-0.4, -0.2) is 158 Å². The molecule has 0 aromatic carbocycles. The van der Waals surface area contributed by atoms with E-state index >= 15 is 0 Å². The molecule has 0 atom stereocenters. The molecule has 0 amide bonds. The molecule has 0 heterocycles. The Balaban J connectivity index is 3.05. The summed E-state index contributed by atoms with van der Waals surface area (Å²) in [5, 5.41) is 0. The predicted molar refractivity (Wildman–Crippen MR) is 201 cm³/mol. The lowest BCUT2D eigenvalue weighted by atomic mass is 10.0.